The number of aliphatic hydroxyl groups excluding tert-OH is 1. The minimum Gasteiger partial charge on any atom is -0.489 e. The van der Waals surface area contributed by atoms with Crippen LogP contribution in [0.25, 0.3) is 22.4 Å². The third-order valence-corrected chi connectivity index (χ3v) is 7.62. The van der Waals surface area contributed by atoms with Crippen LogP contribution in [0.1, 0.15) is 37.3 Å². The Bertz CT molecular complexity index is 1320. The molecule has 2 aromatic heterocycles. The zero-order chi connectivity index (χ0) is 24.5. The molecule has 0 amide bonds. The van der Waals surface area contributed by atoms with Crippen molar-refractivity contribution < 1.29 is 9.84 Å². The van der Waals surface area contributed by atoms with Crippen molar-refractivity contribution in [3.05, 3.63) is 72.4 Å². The molecule has 1 saturated carbocycles. The van der Waals surface area contributed by atoms with E-state index < -0.39 is 0 Å². The highest BCUT2D eigenvalue weighted by molar-refractivity contribution is 5.88. The van der Waals surface area contributed by atoms with E-state index in [9.17, 15) is 5.11 Å². The van der Waals surface area contributed by atoms with Crippen LogP contribution in [0.5, 0.6) is 5.75 Å². The molecule has 0 unspecified atom stereocenters. The Morgan fingerprint density at radius 3 is 2.58 bits per heavy atom. The first-order valence-electron chi connectivity index (χ1n) is 12.9. The summed E-state index contributed by atoms with van der Waals surface area (Å²) in [5, 5.41) is 10.7. The number of benzene rings is 2. The van der Waals surface area contributed by atoms with E-state index in [2.05, 4.69) is 32.8 Å². The number of nitrogens with two attached hydrogens (primary N) is 1. The lowest BCUT2D eigenvalue weighted by molar-refractivity contribution is 0.0569. The summed E-state index contributed by atoms with van der Waals surface area (Å²) in [4.78, 5) is 12.1. The molecule has 36 heavy (non-hydrogen) atoms. The summed E-state index contributed by atoms with van der Waals surface area (Å²) in [7, 11) is 0. The summed E-state index contributed by atoms with van der Waals surface area (Å²) in [6, 6.07) is 20.5. The van der Waals surface area contributed by atoms with E-state index in [0.29, 0.717) is 30.2 Å². The van der Waals surface area contributed by atoms with Crippen molar-refractivity contribution in [2.45, 2.75) is 44.4 Å². The highest BCUT2D eigenvalue weighted by Gasteiger charge is 2.33. The second-order valence-corrected chi connectivity index (χ2v) is 10.2. The Labute approximate surface area is 211 Å². The van der Waals surface area contributed by atoms with Crippen LogP contribution in [0.4, 0.5) is 5.82 Å². The number of hydrogen-bond acceptors (Lipinski definition) is 6. The van der Waals surface area contributed by atoms with Gasteiger partial charge in [-0.3, -0.25) is 0 Å². The normalized spacial score (nSPS) is 20.9. The van der Waals surface area contributed by atoms with Crippen LogP contribution in [0.2, 0.25) is 0 Å². The number of hydrogen-bond donors (Lipinski definition) is 2. The fraction of sp³-hybridized carbons (Fsp3) is 0.379. The van der Waals surface area contributed by atoms with E-state index in [-0.39, 0.29) is 6.10 Å². The molecule has 3 heterocycles. The molecule has 4 aromatic rings. The van der Waals surface area contributed by atoms with Gasteiger partial charge in [0.1, 0.15) is 23.8 Å². The van der Waals surface area contributed by atoms with Gasteiger partial charge < -0.3 is 25.0 Å². The fourth-order valence-electron chi connectivity index (χ4n) is 5.49. The third-order valence-electron chi connectivity index (χ3n) is 7.62. The van der Waals surface area contributed by atoms with Gasteiger partial charge in [-0.1, -0.05) is 42.5 Å². The molecule has 6 rings (SSSR count). The summed E-state index contributed by atoms with van der Waals surface area (Å²) in [5.41, 5.74) is 9.29. The lowest BCUT2D eigenvalue weighted by Gasteiger charge is -2.41. The highest BCUT2D eigenvalue weighted by Crippen LogP contribution is 2.41. The van der Waals surface area contributed by atoms with Crippen molar-refractivity contribution >= 4 is 16.9 Å². The molecular weight excluding hydrogens is 450 g/mol. The van der Waals surface area contributed by atoms with Crippen molar-refractivity contribution in [2.24, 2.45) is 5.92 Å². The number of rotatable bonds is 7. The monoisotopic (exact) mass is 483 g/mol. The molecule has 2 fully saturated rings. The van der Waals surface area contributed by atoms with Crippen LogP contribution in [0, 0.1) is 5.92 Å². The number of aliphatic hydroxyl groups is 1. The number of likely N-dealkylation sites (tertiary alicyclic amines) is 1. The number of anilines is 1. The third kappa shape index (κ3) is 4.81. The topological polar surface area (TPSA) is 89.4 Å². The molecule has 7 heteroatoms. The summed E-state index contributed by atoms with van der Waals surface area (Å²) < 4.78 is 8.30. The van der Waals surface area contributed by atoms with Gasteiger partial charge >= 0.3 is 0 Å². The van der Waals surface area contributed by atoms with Crippen LogP contribution < -0.4 is 10.5 Å². The Balaban J connectivity index is 1.17. The van der Waals surface area contributed by atoms with E-state index in [0.717, 1.165) is 73.2 Å². The first-order chi connectivity index (χ1) is 17.6. The predicted molar refractivity (Wildman–Crippen MR) is 142 cm³/mol. The van der Waals surface area contributed by atoms with Crippen LogP contribution in [-0.4, -0.2) is 50.3 Å². The van der Waals surface area contributed by atoms with Gasteiger partial charge in [-0.05, 0) is 55.4 Å². The molecular formula is C29H33N5O2. The Kier molecular flexibility index (Phi) is 6.34. The van der Waals surface area contributed by atoms with Gasteiger partial charge in [0, 0.05) is 37.4 Å². The van der Waals surface area contributed by atoms with Gasteiger partial charge in [-0.25, -0.2) is 9.97 Å². The second kappa shape index (κ2) is 9.91. The molecule has 1 aliphatic carbocycles. The molecule has 1 aliphatic heterocycles. The first-order valence-corrected chi connectivity index (χ1v) is 12.9. The molecule has 0 bridgehead atoms. The number of fused-ring (bicyclic) bond motifs is 1. The van der Waals surface area contributed by atoms with Gasteiger partial charge in [0.2, 0.25) is 0 Å². The maximum Gasteiger partial charge on any atom is 0.164 e. The van der Waals surface area contributed by atoms with Crippen LogP contribution in [0.3, 0.4) is 0 Å². The minimum absolute atomic E-state index is 0.114. The van der Waals surface area contributed by atoms with Gasteiger partial charge in [0.15, 0.2) is 5.82 Å². The van der Waals surface area contributed by atoms with Crippen LogP contribution >= 0.6 is 0 Å². The van der Waals surface area contributed by atoms with Crippen LogP contribution in [0.15, 0.2) is 66.9 Å². The van der Waals surface area contributed by atoms with Crippen molar-refractivity contribution in [1.29, 1.82) is 0 Å². The quantitative estimate of drug-likeness (QED) is 0.397. The molecule has 2 aliphatic rings. The summed E-state index contributed by atoms with van der Waals surface area (Å²) in [6.07, 6.45) is 6.08. The highest BCUT2D eigenvalue weighted by atomic mass is 16.5. The predicted octanol–water partition coefficient (Wildman–Crippen LogP) is 4.67. The maximum atomic E-state index is 9.76. The number of nitrogen functional groups attached to an aromatic ring is 1. The number of ether oxygens (including phenoxy) is 1. The van der Waals surface area contributed by atoms with E-state index in [1.54, 1.807) is 0 Å². The lowest BCUT2D eigenvalue weighted by Crippen LogP contribution is -2.42. The fourth-order valence-corrected chi connectivity index (χ4v) is 5.49. The standard InChI is InChI=1S/C29H33N5O2/c30-27-26-11-14-34(23-15-21(16-23)18-33-12-9-24(35)10-13-33)29(26)32-28(31-27)22-7-4-8-25(17-22)36-19-20-5-2-1-3-6-20/h1-8,11,14,17,21,23-24,35H,9-10,12-13,15-16,18-19H2,(H2,30,31,32). The molecule has 0 radical (unpaired) electrons. The molecule has 0 spiro atoms. The summed E-state index contributed by atoms with van der Waals surface area (Å²) in [6.45, 7) is 3.66. The van der Waals surface area contributed by atoms with Crippen molar-refractivity contribution in [3.8, 4) is 17.1 Å². The average Bonchev–Trinajstić information content (AvgIpc) is 3.31. The number of nitrogens with zero attached hydrogens (tertiary/aromatic N) is 4. The van der Waals surface area contributed by atoms with Gasteiger partial charge in [0.25, 0.3) is 0 Å². The molecule has 0 atom stereocenters. The van der Waals surface area contributed by atoms with Crippen LogP contribution in [-0.2, 0) is 6.61 Å². The van der Waals surface area contributed by atoms with Gasteiger partial charge in [-0.2, -0.15) is 0 Å². The van der Waals surface area contributed by atoms with Crippen molar-refractivity contribution in [1.82, 2.24) is 19.4 Å². The lowest BCUT2D eigenvalue weighted by atomic mass is 9.79. The summed E-state index contributed by atoms with van der Waals surface area (Å²) in [5.74, 6) is 2.60. The van der Waals surface area contributed by atoms with Gasteiger partial charge in [-0.15, -0.1) is 0 Å². The van der Waals surface area contributed by atoms with E-state index in [1.165, 1.54) is 0 Å². The second-order valence-electron chi connectivity index (χ2n) is 10.2. The largest absolute Gasteiger partial charge is 0.489 e. The zero-order valence-electron chi connectivity index (χ0n) is 20.5. The molecule has 3 N–H and O–H groups in total. The van der Waals surface area contributed by atoms with Gasteiger partial charge in [0.05, 0.1) is 11.5 Å². The van der Waals surface area contributed by atoms with E-state index in [4.69, 9.17) is 15.5 Å². The Hall–Kier alpha value is -3.42. The maximum absolute atomic E-state index is 9.76. The number of piperidine rings is 1. The zero-order valence-corrected chi connectivity index (χ0v) is 20.5. The van der Waals surface area contributed by atoms with Crippen molar-refractivity contribution in [2.75, 3.05) is 25.4 Å². The number of aromatic nitrogens is 3. The SMILES string of the molecule is Nc1nc(-c2cccc(OCc3ccccc3)c2)nc2c1ccn2C1CC(CN2CCC(O)CC2)C1. The Morgan fingerprint density at radius 2 is 1.78 bits per heavy atom. The summed E-state index contributed by atoms with van der Waals surface area (Å²) >= 11 is 0. The molecule has 7 nitrogen and oxygen atoms in total. The molecule has 186 valence electrons. The van der Waals surface area contributed by atoms with E-state index >= 15 is 0 Å². The van der Waals surface area contributed by atoms with Crippen molar-refractivity contribution in [3.63, 3.8) is 0 Å². The molecule has 1 saturated heterocycles. The first kappa shape index (κ1) is 23.0. The average molecular weight is 484 g/mol. The smallest absolute Gasteiger partial charge is 0.164 e. The Morgan fingerprint density at radius 1 is 0.972 bits per heavy atom. The molecule has 2 aromatic carbocycles. The minimum atomic E-state index is -0.114. The van der Waals surface area contributed by atoms with E-state index in [1.807, 2.05) is 48.5 Å².